The smallest absolute Gasteiger partial charge is 0.252 e. The van der Waals surface area contributed by atoms with Gasteiger partial charge in [0.15, 0.2) is 5.82 Å². The molecule has 0 unspecified atom stereocenters. The minimum absolute atomic E-state index is 0.0170. The Hall–Kier alpha value is -3.32. The first kappa shape index (κ1) is 23.4. The third-order valence-electron chi connectivity index (χ3n) is 7.17. The van der Waals surface area contributed by atoms with Crippen molar-refractivity contribution in [2.75, 3.05) is 0 Å². The minimum Gasteiger partial charge on any atom is -0.322 e. The molecule has 1 fully saturated rings. The summed E-state index contributed by atoms with van der Waals surface area (Å²) < 4.78 is 2.07. The van der Waals surface area contributed by atoms with Gasteiger partial charge in [0.2, 0.25) is 0 Å². The molecule has 7 heteroatoms. The third kappa shape index (κ3) is 5.20. The van der Waals surface area contributed by atoms with Gasteiger partial charge >= 0.3 is 0 Å². The molecule has 1 aliphatic carbocycles. The van der Waals surface area contributed by atoms with E-state index in [-0.39, 0.29) is 11.6 Å². The molecule has 35 heavy (non-hydrogen) atoms. The maximum absolute atomic E-state index is 13.1. The molecule has 0 saturated heterocycles. The summed E-state index contributed by atoms with van der Waals surface area (Å²) in [5, 5.41) is 14.1. The summed E-state index contributed by atoms with van der Waals surface area (Å²) >= 11 is 0. The lowest BCUT2D eigenvalue weighted by Gasteiger charge is -2.31. The zero-order valence-electron chi connectivity index (χ0n) is 20.7. The summed E-state index contributed by atoms with van der Waals surface area (Å²) in [5.41, 5.74) is 3.98. The zero-order valence-corrected chi connectivity index (χ0v) is 20.7. The Morgan fingerprint density at radius 1 is 1.09 bits per heavy atom. The van der Waals surface area contributed by atoms with E-state index in [0.29, 0.717) is 19.1 Å². The van der Waals surface area contributed by atoms with Gasteiger partial charge in [-0.15, -0.1) is 5.10 Å². The number of aromatic amines is 1. The molecule has 182 valence electrons. The van der Waals surface area contributed by atoms with Crippen LogP contribution in [0.4, 0.5) is 0 Å². The number of hydrogen-bond donors (Lipinski definition) is 1. The van der Waals surface area contributed by atoms with Crippen LogP contribution in [0.5, 0.6) is 0 Å². The van der Waals surface area contributed by atoms with E-state index in [4.69, 9.17) is 0 Å². The summed E-state index contributed by atoms with van der Waals surface area (Å²) in [4.78, 5) is 18.6. The van der Waals surface area contributed by atoms with Crippen LogP contribution in [0.25, 0.3) is 10.9 Å². The highest BCUT2D eigenvalue weighted by Gasteiger charge is 2.30. The number of nitrogens with zero attached hydrogens (tertiary/aromatic N) is 5. The Bertz CT molecular complexity index is 1320. The van der Waals surface area contributed by atoms with E-state index in [1.165, 1.54) is 24.0 Å². The summed E-state index contributed by atoms with van der Waals surface area (Å²) in [6.07, 6.45) is 6.62. The molecule has 4 aromatic rings. The number of hydrogen-bond acceptors (Lipinski definition) is 5. The highest BCUT2D eigenvalue weighted by atomic mass is 16.1. The highest BCUT2D eigenvalue weighted by Crippen LogP contribution is 2.34. The van der Waals surface area contributed by atoms with Crippen LogP contribution in [0.3, 0.4) is 0 Å². The Balaban J connectivity index is 1.55. The SMILES string of the molecule is CCC[C@H](c1nnnn1C1CCCC1)N(Cc1ccccc1)Cc1cc2cc(C)ccc2[nH]c1=O. The van der Waals surface area contributed by atoms with Crippen molar-refractivity contribution in [3.63, 3.8) is 0 Å². The molecule has 1 atom stereocenters. The largest absolute Gasteiger partial charge is 0.322 e. The Morgan fingerprint density at radius 2 is 1.89 bits per heavy atom. The van der Waals surface area contributed by atoms with Crippen molar-refractivity contribution in [2.24, 2.45) is 0 Å². The molecule has 1 saturated carbocycles. The minimum atomic E-state index is -0.0370. The summed E-state index contributed by atoms with van der Waals surface area (Å²) in [6.45, 7) is 5.51. The molecular formula is C28H34N6O. The molecule has 0 amide bonds. The topological polar surface area (TPSA) is 79.7 Å². The van der Waals surface area contributed by atoms with Gasteiger partial charge in [-0.05, 0) is 65.8 Å². The van der Waals surface area contributed by atoms with Crippen molar-refractivity contribution in [3.8, 4) is 0 Å². The second kappa shape index (κ2) is 10.5. The first-order chi connectivity index (χ1) is 17.1. The second-order valence-electron chi connectivity index (χ2n) is 9.83. The molecule has 1 aliphatic rings. The summed E-state index contributed by atoms with van der Waals surface area (Å²) in [6, 6.07) is 19.0. The predicted molar refractivity (Wildman–Crippen MR) is 138 cm³/mol. The van der Waals surface area contributed by atoms with Crippen molar-refractivity contribution < 1.29 is 0 Å². The number of tetrazole rings is 1. The van der Waals surface area contributed by atoms with Gasteiger partial charge in [0.25, 0.3) is 5.56 Å². The van der Waals surface area contributed by atoms with Crippen LogP contribution in [-0.4, -0.2) is 30.1 Å². The number of aromatic nitrogens is 5. The van der Waals surface area contributed by atoms with Gasteiger partial charge in [-0.3, -0.25) is 9.69 Å². The number of rotatable bonds is 9. The molecule has 2 aromatic carbocycles. The van der Waals surface area contributed by atoms with Crippen molar-refractivity contribution in [1.29, 1.82) is 0 Å². The average Bonchev–Trinajstić information content (AvgIpc) is 3.56. The maximum Gasteiger partial charge on any atom is 0.252 e. The number of benzene rings is 2. The van der Waals surface area contributed by atoms with Crippen molar-refractivity contribution in [3.05, 3.63) is 87.5 Å². The summed E-state index contributed by atoms with van der Waals surface area (Å²) in [5.74, 6) is 0.919. The number of aryl methyl sites for hydroxylation is 1. The summed E-state index contributed by atoms with van der Waals surface area (Å²) in [7, 11) is 0. The van der Waals surface area contributed by atoms with E-state index in [2.05, 4.69) is 74.3 Å². The molecule has 5 rings (SSSR count). The van der Waals surface area contributed by atoms with Crippen LogP contribution >= 0.6 is 0 Å². The van der Waals surface area contributed by atoms with Crippen LogP contribution in [0.2, 0.25) is 0 Å². The van der Waals surface area contributed by atoms with E-state index in [0.717, 1.165) is 48.0 Å². The van der Waals surface area contributed by atoms with E-state index in [1.807, 2.05) is 24.3 Å². The lowest BCUT2D eigenvalue weighted by atomic mass is 10.0. The van der Waals surface area contributed by atoms with Gasteiger partial charge in [-0.1, -0.05) is 68.1 Å². The van der Waals surface area contributed by atoms with Crippen molar-refractivity contribution >= 4 is 10.9 Å². The van der Waals surface area contributed by atoms with Crippen LogP contribution < -0.4 is 5.56 Å². The molecule has 2 aromatic heterocycles. The van der Waals surface area contributed by atoms with Gasteiger partial charge in [0.1, 0.15) is 0 Å². The van der Waals surface area contributed by atoms with Gasteiger partial charge in [0.05, 0.1) is 12.1 Å². The van der Waals surface area contributed by atoms with E-state index >= 15 is 0 Å². The monoisotopic (exact) mass is 470 g/mol. The van der Waals surface area contributed by atoms with Gasteiger partial charge in [-0.25, -0.2) is 4.68 Å². The van der Waals surface area contributed by atoms with Crippen LogP contribution in [0.1, 0.15) is 80.0 Å². The van der Waals surface area contributed by atoms with Gasteiger partial charge in [0, 0.05) is 24.2 Å². The quantitative estimate of drug-likeness (QED) is 0.350. The normalized spacial score (nSPS) is 15.3. The lowest BCUT2D eigenvalue weighted by Crippen LogP contribution is -2.33. The molecule has 7 nitrogen and oxygen atoms in total. The van der Waals surface area contributed by atoms with Gasteiger partial charge < -0.3 is 4.98 Å². The number of H-pyrrole nitrogens is 1. The van der Waals surface area contributed by atoms with Crippen LogP contribution in [0, 0.1) is 6.92 Å². The predicted octanol–water partition coefficient (Wildman–Crippen LogP) is 5.48. The van der Waals surface area contributed by atoms with E-state index < -0.39 is 0 Å². The zero-order chi connectivity index (χ0) is 24.2. The Morgan fingerprint density at radius 3 is 2.66 bits per heavy atom. The van der Waals surface area contributed by atoms with Crippen molar-refractivity contribution in [1.82, 2.24) is 30.1 Å². The molecule has 0 spiro atoms. The maximum atomic E-state index is 13.1. The molecule has 0 bridgehead atoms. The molecule has 2 heterocycles. The molecule has 1 N–H and O–H groups in total. The Kier molecular flexibility index (Phi) is 7.04. The highest BCUT2D eigenvalue weighted by molar-refractivity contribution is 5.79. The first-order valence-corrected chi connectivity index (χ1v) is 12.8. The second-order valence-corrected chi connectivity index (χ2v) is 9.83. The fraction of sp³-hybridized carbons (Fsp3) is 0.429. The standard InChI is InChI=1S/C28H34N6O/c1-3-9-26(27-30-31-32-34(27)24-12-7-8-13-24)33(18-21-10-5-4-6-11-21)19-23-17-22-16-20(2)14-15-25(22)29-28(23)35/h4-6,10-11,14-17,24,26H,3,7-9,12-13,18-19H2,1-2H3,(H,29,35)/t26-/m1/s1. The van der Waals surface area contributed by atoms with Crippen LogP contribution in [0.15, 0.2) is 59.4 Å². The molecule has 0 aliphatic heterocycles. The van der Waals surface area contributed by atoms with E-state index in [9.17, 15) is 4.79 Å². The van der Waals surface area contributed by atoms with E-state index in [1.54, 1.807) is 0 Å². The number of nitrogens with one attached hydrogen (secondary N) is 1. The third-order valence-corrected chi connectivity index (χ3v) is 7.17. The number of pyridine rings is 1. The Labute approximate surface area is 206 Å². The molecular weight excluding hydrogens is 436 g/mol. The average molecular weight is 471 g/mol. The lowest BCUT2D eigenvalue weighted by molar-refractivity contribution is 0.153. The fourth-order valence-electron chi connectivity index (χ4n) is 5.38. The number of fused-ring (bicyclic) bond motifs is 1. The van der Waals surface area contributed by atoms with Crippen LogP contribution in [-0.2, 0) is 13.1 Å². The first-order valence-electron chi connectivity index (χ1n) is 12.8. The van der Waals surface area contributed by atoms with Gasteiger partial charge in [-0.2, -0.15) is 0 Å². The molecule has 0 radical (unpaired) electrons. The van der Waals surface area contributed by atoms with Crippen molar-refractivity contribution in [2.45, 2.75) is 77.5 Å². The fourth-order valence-corrected chi connectivity index (χ4v) is 5.38.